The van der Waals surface area contributed by atoms with Gasteiger partial charge in [-0.1, -0.05) is 34.8 Å². The molecule has 3 aliphatic carbocycles. The molecule has 13 nitrogen and oxygen atoms in total. The summed E-state index contributed by atoms with van der Waals surface area (Å²) >= 11 is 16.8. The average molecular weight is 662 g/mol. The quantitative estimate of drug-likeness (QED) is 0.191. The van der Waals surface area contributed by atoms with Crippen molar-refractivity contribution >= 4 is 69.8 Å². The molecule has 0 unspecified atom stereocenters. The van der Waals surface area contributed by atoms with Crippen LogP contribution in [-0.4, -0.2) is 99.1 Å². The first-order valence-electron chi connectivity index (χ1n) is 13.0. The molecular formula is C27H31Cl3N4O9. The number of hydrogen-bond acceptors (Lipinski definition) is 11. The van der Waals surface area contributed by atoms with Crippen molar-refractivity contribution in [2.24, 2.45) is 17.6 Å². The Morgan fingerprint density at radius 1 is 1.16 bits per heavy atom. The summed E-state index contributed by atoms with van der Waals surface area (Å²) in [6.45, 7) is -0.829. The van der Waals surface area contributed by atoms with E-state index in [9.17, 15) is 39.6 Å². The van der Waals surface area contributed by atoms with Crippen molar-refractivity contribution in [1.82, 2.24) is 10.2 Å². The van der Waals surface area contributed by atoms with Crippen LogP contribution in [0.3, 0.4) is 0 Å². The van der Waals surface area contributed by atoms with E-state index in [-0.39, 0.29) is 36.1 Å². The van der Waals surface area contributed by atoms with Crippen LogP contribution in [0.2, 0.25) is 0 Å². The predicted octanol–water partition coefficient (Wildman–Crippen LogP) is 1.63. The number of alkyl halides is 3. The molecule has 16 heteroatoms. The van der Waals surface area contributed by atoms with Gasteiger partial charge in [-0.15, -0.1) is 0 Å². The minimum Gasteiger partial charge on any atom is -0.508 e. The molecule has 0 radical (unpaired) electrons. The number of nitrogens with one attached hydrogen (secondary N) is 1. The third-order valence-electron chi connectivity index (χ3n) is 8.05. The summed E-state index contributed by atoms with van der Waals surface area (Å²) in [7, 11) is 6.49. The molecular weight excluding hydrogens is 631 g/mol. The highest BCUT2D eigenvalue weighted by atomic mass is 35.6. The van der Waals surface area contributed by atoms with Gasteiger partial charge in [0.15, 0.2) is 11.4 Å². The van der Waals surface area contributed by atoms with E-state index in [1.165, 1.54) is 19.0 Å². The molecule has 43 heavy (non-hydrogen) atoms. The zero-order valence-corrected chi connectivity index (χ0v) is 25.8. The van der Waals surface area contributed by atoms with Gasteiger partial charge in [-0.2, -0.15) is 0 Å². The zero-order valence-electron chi connectivity index (χ0n) is 23.6. The predicted molar refractivity (Wildman–Crippen MR) is 157 cm³/mol. The third kappa shape index (κ3) is 5.48. The first kappa shape index (κ1) is 32.7. The maximum absolute atomic E-state index is 14.0. The Hall–Kier alpha value is -3.23. The molecule has 0 aliphatic heterocycles. The van der Waals surface area contributed by atoms with Gasteiger partial charge < -0.3 is 41.1 Å². The smallest absolute Gasteiger partial charge is 0.407 e. The lowest BCUT2D eigenvalue weighted by molar-refractivity contribution is -0.153. The fraction of sp³-hybridized carbons (Fsp3) is 0.481. The van der Waals surface area contributed by atoms with Crippen LogP contribution in [0.5, 0.6) is 5.75 Å². The summed E-state index contributed by atoms with van der Waals surface area (Å²) in [6.07, 6.45) is -0.894. The Morgan fingerprint density at radius 2 is 1.79 bits per heavy atom. The van der Waals surface area contributed by atoms with E-state index in [1.54, 1.807) is 25.1 Å². The zero-order chi connectivity index (χ0) is 32.3. The number of amides is 2. The highest BCUT2D eigenvalue weighted by molar-refractivity contribution is 6.67. The van der Waals surface area contributed by atoms with E-state index >= 15 is 0 Å². The number of nitrogens with two attached hydrogens (primary N) is 1. The van der Waals surface area contributed by atoms with Crippen molar-refractivity contribution in [2.75, 3.05) is 39.7 Å². The molecule has 2 amide bonds. The van der Waals surface area contributed by atoms with Crippen LogP contribution in [0.4, 0.5) is 10.5 Å². The van der Waals surface area contributed by atoms with Crippen LogP contribution in [0.1, 0.15) is 23.1 Å². The van der Waals surface area contributed by atoms with Crippen LogP contribution < -0.4 is 16.0 Å². The number of aromatic hydroxyl groups is 1. The second-order valence-corrected chi connectivity index (χ2v) is 13.7. The van der Waals surface area contributed by atoms with Gasteiger partial charge in [0.2, 0.25) is 9.58 Å². The minimum atomic E-state index is -2.75. The van der Waals surface area contributed by atoms with Crippen molar-refractivity contribution in [2.45, 2.75) is 34.8 Å². The van der Waals surface area contributed by atoms with E-state index in [4.69, 9.17) is 45.3 Å². The van der Waals surface area contributed by atoms with Crippen molar-refractivity contribution < 1.29 is 44.3 Å². The summed E-state index contributed by atoms with van der Waals surface area (Å²) in [5, 5.41) is 47.9. The van der Waals surface area contributed by atoms with Crippen LogP contribution in [-0.2, 0) is 32.1 Å². The second kappa shape index (κ2) is 11.4. The van der Waals surface area contributed by atoms with Crippen molar-refractivity contribution in [3.8, 4) is 5.75 Å². The highest BCUT2D eigenvalue weighted by Crippen LogP contribution is 2.54. The number of anilines is 1. The SMILES string of the molecule is CN(C)c1cc(CNC(=O)OCC(Cl)(Cl)Cl)c(O)c2c1C[C@@H]1C[C@@H]3[C@@H](N(C)C)C(=O)C(C(N)=O)=C(O)[C@]3(O)C(=O)C1=C2O. The first-order valence-corrected chi connectivity index (χ1v) is 14.1. The summed E-state index contributed by atoms with van der Waals surface area (Å²) in [4.78, 5) is 54.7. The Kier molecular flexibility index (Phi) is 8.63. The van der Waals surface area contributed by atoms with Crippen molar-refractivity contribution in [3.63, 3.8) is 0 Å². The lowest BCUT2D eigenvalue weighted by atomic mass is 9.57. The van der Waals surface area contributed by atoms with Crippen LogP contribution >= 0.6 is 34.8 Å². The fourth-order valence-corrected chi connectivity index (χ4v) is 6.41. The number of alkyl carbamates (subject to hydrolysis) is 1. The number of nitrogens with zero attached hydrogens (tertiary/aromatic N) is 2. The number of ether oxygens (including phenoxy) is 1. The first-order chi connectivity index (χ1) is 19.8. The number of rotatable bonds is 6. The van der Waals surface area contributed by atoms with E-state index in [0.29, 0.717) is 11.3 Å². The Bertz CT molecular complexity index is 1480. The molecule has 0 aromatic heterocycles. The number of carbonyl (C=O) groups is 4. The summed E-state index contributed by atoms with van der Waals surface area (Å²) in [5.41, 5.74) is 2.44. The molecule has 0 saturated heterocycles. The number of Topliss-reactive ketones (excluding diaryl/α,β-unsaturated/α-hetero) is 2. The fourth-order valence-electron chi connectivity index (χ4n) is 6.25. The molecule has 1 saturated carbocycles. The number of phenols is 1. The second-order valence-electron chi connectivity index (χ2n) is 11.2. The number of hydrogen-bond donors (Lipinski definition) is 6. The van der Waals surface area contributed by atoms with Crippen LogP contribution in [0.15, 0.2) is 23.0 Å². The third-order valence-corrected chi connectivity index (χ3v) is 8.38. The number of aliphatic hydroxyl groups excluding tert-OH is 2. The van der Waals surface area contributed by atoms with Crippen LogP contribution in [0.25, 0.3) is 5.76 Å². The van der Waals surface area contributed by atoms with Crippen molar-refractivity contribution in [3.05, 3.63) is 39.7 Å². The minimum absolute atomic E-state index is 0.0439. The van der Waals surface area contributed by atoms with E-state index in [2.05, 4.69) is 5.32 Å². The Labute approximate surface area is 261 Å². The lowest BCUT2D eigenvalue weighted by Gasteiger charge is -2.50. The summed E-state index contributed by atoms with van der Waals surface area (Å²) < 4.78 is 3.00. The average Bonchev–Trinajstić information content (AvgIpc) is 2.88. The molecule has 3 aliphatic rings. The number of phenolic OH excluding ortho intramolecular Hbond substituents is 1. The van der Waals surface area contributed by atoms with E-state index < -0.39 is 80.3 Å². The summed E-state index contributed by atoms with van der Waals surface area (Å²) in [6, 6.07) is 0.400. The number of likely N-dealkylation sites (N-methyl/N-ethyl adjacent to an activating group) is 1. The standard InChI is InChI=1S/C27H31Cl3N4O9/c1-33(2)14-7-11(8-32-25(41)43-9-26(28,29)30)19(35)16-12(14)5-10-6-13-18(34(3)4)21(37)17(24(31)40)23(39)27(13,42)22(38)15(10)20(16)36/h7,10,13,18,35-36,39,42H,5-6,8-9H2,1-4H3,(H2,31,40)(H,32,41)/t10-,13-,18-,27-/m1/s1. The van der Waals surface area contributed by atoms with Crippen molar-refractivity contribution in [1.29, 1.82) is 0 Å². The molecule has 7 N–H and O–H groups in total. The number of fused-ring (bicyclic) bond motifs is 3. The molecule has 0 heterocycles. The largest absolute Gasteiger partial charge is 0.508 e. The topological polar surface area (TPSA) is 203 Å². The molecule has 1 aromatic rings. The van der Waals surface area contributed by atoms with Gasteiger partial charge in [-0.3, -0.25) is 19.3 Å². The van der Waals surface area contributed by atoms with E-state index in [0.717, 1.165) is 0 Å². The highest BCUT2D eigenvalue weighted by Gasteiger charge is 2.64. The summed E-state index contributed by atoms with van der Waals surface area (Å²) in [5.74, 6) is -7.49. The molecule has 234 valence electrons. The lowest BCUT2D eigenvalue weighted by Crippen LogP contribution is -2.65. The number of halogens is 3. The van der Waals surface area contributed by atoms with Crippen LogP contribution in [0, 0.1) is 11.8 Å². The molecule has 4 rings (SSSR count). The number of carbonyl (C=O) groups excluding carboxylic acids is 4. The van der Waals surface area contributed by atoms with Gasteiger partial charge in [-0.25, -0.2) is 4.79 Å². The number of aliphatic hydroxyl groups is 3. The molecule has 1 aromatic carbocycles. The number of primary amides is 1. The monoisotopic (exact) mass is 660 g/mol. The van der Waals surface area contributed by atoms with Gasteiger partial charge in [0.25, 0.3) is 5.91 Å². The van der Waals surface area contributed by atoms with Gasteiger partial charge in [0.1, 0.15) is 29.4 Å². The van der Waals surface area contributed by atoms with E-state index in [1.807, 2.05) is 0 Å². The molecule has 0 bridgehead atoms. The maximum atomic E-state index is 14.0. The Balaban J connectivity index is 1.84. The maximum Gasteiger partial charge on any atom is 0.407 e. The van der Waals surface area contributed by atoms with Gasteiger partial charge in [0.05, 0.1) is 11.6 Å². The molecule has 1 fully saturated rings. The molecule has 4 atom stereocenters. The Morgan fingerprint density at radius 3 is 2.33 bits per heavy atom. The normalized spacial score (nSPS) is 25.3. The van der Waals surface area contributed by atoms with Gasteiger partial charge >= 0.3 is 6.09 Å². The number of benzene rings is 1. The number of ketones is 2. The van der Waals surface area contributed by atoms with Gasteiger partial charge in [-0.05, 0) is 44.5 Å². The van der Waals surface area contributed by atoms with Gasteiger partial charge in [0, 0.05) is 43.4 Å². The molecule has 0 spiro atoms.